The maximum absolute atomic E-state index is 12.6. The van der Waals surface area contributed by atoms with Crippen molar-refractivity contribution in [3.8, 4) is 0 Å². The summed E-state index contributed by atoms with van der Waals surface area (Å²) in [6.45, 7) is 1.26. The van der Waals surface area contributed by atoms with Crippen molar-refractivity contribution >= 4 is 5.95 Å². The highest BCUT2D eigenvalue weighted by Gasteiger charge is 1.98. The van der Waals surface area contributed by atoms with Crippen LogP contribution >= 0.6 is 0 Å². The van der Waals surface area contributed by atoms with Gasteiger partial charge in [-0.3, -0.25) is 0 Å². The molecule has 3 N–H and O–H groups in total. The third kappa shape index (κ3) is 3.49. The van der Waals surface area contributed by atoms with E-state index in [4.69, 9.17) is 5.73 Å². The molecule has 0 aliphatic carbocycles. The Labute approximate surface area is 105 Å². The Balaban J connectivity index is 1.91. The van der Waals surface area contributed by atoms with E-state index in [1.54, 1.807) is 0 Å². The van der Waals surface area contributed by atoms with E-state index >= 15 is 0 Å². The lowest BCUT2D eigenvalue weighted by atomic mass is 10.1. The molecule has 1 aromatic carbocycles. The molecule has 0 aliphatic heterocycles. The fraction of sp³-hybridized carbons (Fsp3) is 0.231. The molecule has 0 saturated heterocycles. The molecule has 0 saturated carbocycles. The van der Waals surface area contributed by atoms with Crippen molar-refractivity contribution in [1.82, 2.24) is 9.97 Å². The largest absolute Gasteiger partial charge is 0.350 e. The Morgan fingerprint density at radius 2 is 1.67 bits per heavy atom. The van der Waals surface area contributed by atoms with E-state index in [1.807, 2.05) is 12.1 Å². The molecule has 1 aromatic heterocycles. The van der Waals surface area contributed by atoms with Gasteiger partial charge in [0.25, 0.3) is 0 Å². The zero-order valence-electron chi connectivity index (χ0n) is 9.94. The minimum atomic E-state index is -0.438. The van der Waals surface area contributed by atoms with Gasteiger partial charge in [-0.05, 0) is 24.1 Å². The number of halogens is 1. The number of hydrogen-bond acceptors (Lipinski definition) is 4. The fourth-order valence-corrected chi connectivity index (χ4v) is 1.58. The molecule has 0 bridgehead atoms. The van der Waals surface area contributed by atoms with E-state index in [2.05, 4.69) is 27.4 Å². The van der Waals surface area contributed by atoms with E-state index in [1.165, 1.54) is 5.56 Å². The average Bonchev–Trinajstić information content (AvgIpc) is 2.40. The van der Waals surface area contributed by atoms with Crippen molar-refractivity contribution in [3.63, 3.8) is 0 Å². The van der Waals surface area contributed by atoms with Gasteiger partial charge in [0, 0.05) is 6.54 Å². The third-order valence-electron chi connectivity index (χ3n) is 2.53. The lowest BCUT2D eigenvalue weighted by Gasteiger charge is -2.05. The van der Waals surface area contributed by atoms with Gasteiger partial charge >= 0.3 is 0 Å². The smallest absolute Gasteiger partial charge is 0.223 e. The monoisotopic (exact) mass is 246 g/mol. The van der Waals surface area contributed by atoms with Crippen molar-refractivity contribution in [2.75, 3.05) is 11.9 Å². The lowest BCUT2D eigenvalue weighted by molar-refractivity contribution is 0.614. The molecule has 0 spiro atoms. The van der Waals surface area contributed by atoms with Gasteiger partial charge in [0.05, 0.1) is 12.4 Å². The third-order valence-corrected chi connectivity index (χ3v) is 2.53. The zero-order chi connectivity index (χ0) is 12.8. The average molecular weight is 246 g/mol. The van der Waals surface area contributed by atoms with Crippen LogP contribution in [-0.2, 0) is 13.0 Å². The number of rotatable bonds is 5. The molecule has 0 fully saturated rings. The second kappa shape index (κ2) is 6.07. The van der Waals surface area contributed by atoms with Gasteiger partial charge in [0.2, 0.25) is 5.95 Å². The Bertz CT molecular complexity index is 481. The first-order valence-electron chi connectivity index (χ1n) is 5.77. The molecule has 94 valence electrons. The quantitative estimate of drug-likeness (QED) is 0.843. The molecular formula is C13H15FN4. The van der Waals surface area contributed by atoms with E-state index < -0.39 is 5.82 Å². The number of anilines is 1. The van der Waals surface area contributed by atoms with Crippen molar-refractivity contribution in [2.45, 2.75) is 13.0 Å². The summed E-state index contributed by atoms with van der Waals surface area (Å²) >= 11 is 0. The Hall–Kier alpha value is -2.01. The van der Waals surface area contributed by atoms with Crippen LogP contribution in [0.15, 0.2) is 36.7 Å². The van der Waals surface area contributed by atoms with Crippen LogP contribution in [0, 0.1) is 5.82 Å². The van der Waals surface area contributed by atoms with E-state index in [-0.39, 0.29) is 0 Å². The van der Waals surface area contributed by atoms with Crippen LogP contribution in [0.2, 0.25) is 0 Å². The summed E-state index contributed by atoms with van der Waals surface area (Å²) in [7, 11) is 0. The van der Waals surface area contributed by atoms with Gasteiger partial charge in [0.1, 0.15) is 0 Å². The van der Waals surface area contributed by atoms with Gasteiger partial charge in [-0.1, -0.05) is 24.3 Å². The molecule has 0 unspecified atom stereocenters. The molecule has 2 rings (SSSR count). The van der Waals surface area contributed by atoms with Gasteiger partial charge in [-0.25, -0.2) is 14.4 Å². The molecule has 0 radical (unpaired) electrons. The standard InChI is InChI=1S/C13H15FN4/c14-12-8-17-13(18-9-12)16-7-11-3-1-10(2-4-11)5-6-15/h1-4,8-9H,5-7,15H2,(H,16,17,18). The Kier molecular flexibility index (Phi) is 4.20. The number of hydrogen-bond donors (Lipinski definition) is 2. The van der Waals surface area contributed by atoms with E-state index in [0.717, 1.165) is 24.4 Å². The van der Waals surface area contributed by atoms with E-state index in [0.29, 0.717) is 19.0 Å². The topological polar surface area (TPSA) is 63.8 Å². The second-order valence-electron chi connectivity index (χ2n) is 3.93. The molecule has 0 atom stereocenters. The number of nitrogens with two attached hydrogens (primary N) is 1. The number of nitrogens with zero attached hydrogens (tertiary/aromatic N) is 2. The molecule has 2 aromatic rings. The normalized spacial score (nSPS) is 10.3. The van der Waals surface area contributed by atoms with Crippen molar-refractivity contribution in [1.29, 1.82) is 0 Å². The molecule has 18 heavy (non-hydrogen) atoms. The summed E-state index contributed by atoms with van der Waals surface area (Å²) in [5, 5.41) is 3.03. The maximum atomic E-state index is 12.6. The number of aromatic nitrogens is 2. The van der Waals surface area contributed by atoms with Crippen LogP contribution in [0.25, 0.3) is 0 Å². The van der Waals surface area contributed by atoms with Crippen molar-refractivity contribution in [3.05, 3.63) is 53.6 Å². The highest BCUT2D eigenvalue weighted by Crippen LogP contribution is 2.07. The molecule has 5 heteroatoms. The highest BCUT2D eigenvalue weighted by molar-refractivity contribution is 5.28. The first kappa shape index (κ1) is 12.4. The van der Waals surface area contributed by atoms with E-state index in [9.17, 15) is 4.39 Å². The zero-order valence-corrected chi connectivity index (χ0v) is 9.94. The Morgan fingerprint density at radius 3 is 2.28 bits per heavy atom. The summed E-state index contributed by atoms with van der Waals surface area (Å²) in [6, 6.07) is 8.16. The van der Waals surface area contributed by atoms with Gasteiger partial charge in [-0.2, -0.15) is 0 Å². The first-order valence-corrected chi connectivity index (χ1v) is 5.77. The summed E-state index contributed by atoms with van der Waals surface area (Å²) in [6.07, 6.45) is 3.16. The van der Waals surface area contributed by atoms with Gasteiger partial charge in [0.15, 0.2) is 5.82 Å². The van der Waals surface area contributed by atoms with Crippen LogP contribution in [0.4, 0.5) is 10.3 Å². The van der Waals surface area contributed by atoms with Crippen LogP contribution < -0.4 is 11.1 Å². The Morgan fingerprint density at radius 1 is 1.06 bits per heavy atom. The van der Waals surface area contributed by atoms with Gasteiger partial charge in [-0.15, -0.1) is 0 Å². The summed E-state index contributed by atoms with van der Waals surface area (Å²) in [4.78, 5) is 7.65. The lowest BCUT2D eigenvalue weighted by Crippen LogP contribution is -2.05. The molecule has 4 nitrogen and oxygen atoms in total. The molecule has 0 amide bonds. The van der Waals surface area contributed by atoms with Crippen LogP contribution in [0.3, 0.4) is 0 Å². The van der Waals surface area contributed by atoms with Crippen LogP contribution in [0.1, 0.15) is 11.1 Å². The summed E-state index contributed by atoms with van der Waals surface area (Å²) in [5.41, 5.74) is 7.82. The number of benzene rings is 1. The predicted molar refractivity (Wildman–Crippen MR) is 68.5 cm³/mol. The summed E-state index contributed by atoms with van der Waals surface area (Å²) in [5.74, 6) is -0.0193. The fourth-order valence-electron chi connectivity index (χ4n) is 1.58. The molecular weight excluding hydrogens is 231 g/mol. The molecule has 1 heterocycles. The minimum Gasteiger partial charge on any atom is -0.350 e. The molecule has 0 aliphatic rings. The van der Waals surface area contributed by atoms with Gasteiger partial charge < -0.3 is 11.1 Å². The second-order valence-corrected chi connectivity index (χ2v) is 3.93. The minimum absolute atomic E-state index is 0.419. The summed E-state index contributed by atoms with van der Waals surface area (Å²) < 4.78 is 12.6. The van der Waals surface area contributed by atoms with Crippen molar-refractivity contribution < 1.29 is 4.39 Å². The highest BCUT2D eigenvalue weighted by atomic mass is 19.1. The first-order chi connectivity index (χ1) is 8.78. The van der Waals surface area contributed by atoms with Crippen LogP contribution in [0.5, 0.6) is 0 Å². The van der Waals surface area contributed by atoms with Crippen LogP contribution in [-0.4, -0.2) is 16.5 Å². The SMILES string of the molecule is NCCc1ccc(CNc2ncc(F)cn2)cc1. The maximum Gasteiger partial charge on any atom is 0.223 e. The number of nitrogens with one attached hydrogen (secondary N) is 1. The predicted octanol–water partition coefficient (Wildman–Crippen LogP) is 1.73. The van der Waals surface area contributed by atoms with Crippen molar-refractivity contribution in [2.24, 2.45) is 5.73 Å².